The van der Waals surface area contributed by atoms with Gasteiger partial charge in [-0.25, -0.2) is 4.79 Å². The van der Waals surface area contributed by atoms with E-state index in [0.29, 0.717) is 17.4 Å². The minimum absolute atomic E-state index is 0.317. The summed E-state index contributed by atoms with van der Waals surface area (Å²) in [7, 11) is 0. The zero-order valence-electron chi connectivity index (χ0n) is 13.9. The lowest BCUT2D eigenvalue weighted by Crippen LogP contribution is -2.26. The largest absolute Gasteiger partial charge is 0.479 e. The van der Waals surface area contributed by atoms with Crippen LogP contribution in [0.2, 0.25) is 5.02 Å². The van der Waals surface area contributed by atoms with Crippen LogP contribution in [-0.4, -0.2) is 18.7 Å². The Morgan fingerprint density at radius 1 is 1.18 bits per heavy atom. The van der Waals surface area contributed by atoms with E-state index in [1.54, 1.807) is 19.1 Å². The van der Waals surface area contributed by atoms with Crippen molar-refractivity contribution in [3.05, 3.63) is 28.8 Å². The van der Waals surface area contributed by atoms with Crippen LogP contribution in [0.3, 0.4) is 0 Å². The van der Waals surface area contributed by atoms with Gasteiger partial charge in [-0.15, -0.1) is 0 Å². The van der Waals surface area contributed by atoms with Crippen molar-refractivity contribution in [2.45, 2.75) is 65.4 Å². The van der Waals surface area contributed by atoms with Crippen LogP contribution in [0.5, 0.6) is 5.75 Å². The molecule has 0 aliphatic rings. The number of benzene rings is 1. The van der Waals surface area contributed by atoms with Gasteiger partial charge in [0.2, 0.25) is 0 Å². The highest BCUT2D eigenvalue weighted by molar-refractivity contribution is 6.30. The minimum Gasteiger partial charge on any atom is -0.479 e. The number of hydrogen-bond donors (Lipinski definition) is 0. The molecule has 1 atom stereocenters. The summed E-state index contributed by atoms with van der Waals surface area (Å²) in [6.07, 6.45) is 6.42. The molecule has 0 bridgehead atoms. The highest BCUT2D eigenvalue weighted by atomic mass is 35.5. The van der Waals surface area contributed by atoms with Crippen LogP contribution in [0.15, 0.2) is 18.2 Å². The molecule has 0 radical (unpaired) electrons. The molecule has 3 nitrogen and oxygen atoms in total. The molecule has 0 heterocycles. The molecule has 0 amide bonds. The van der Waals surface area contributed by atoms with E-state index in [1.165, 1.54) is 25.7 Å². The Morgan fingerprint density at radius 3 is 2.55 bits per heavy atom. The standard InChI is InChI=1S/C18H27ClO3/c1-4-5-6-7-8-9-12-21-18(20)15(3)22-17-11-10-16(19)13-14(17)2/h10-11,13,15H,4-9,12H2,1-3H3. The first kappa shape index (κ1) is 18.8. The predicted molar refractivity (Wildman–Crippen MR) is 90.6 cm³/mol. The number of halogens is 1. The fourth-order valence-electron chi connectivity index (χ4n) is 2.16. The Balaban J connectivity index is 2.24. The highest BCUT2D eigenvalue weighted by Gasteiger charge is 2.17. The van der Waals surface area contributed by atoms with Gasteiger partial charge in [-0.1, -0.05) is 50.6 Å². The maximum atomic E-state index is 11.9. The van der Waals surface area contributed by atoms with Gasteiger partial charge in [0.15, 0.2) is 6.10 Å². The van der Waals surface area contributed by atoms with E-state index in [0.717, 1.165) is 18.4 Å². The van der Waals surface area contributed by atoms with E-state index in [1.807, 2.05) is 13.0 Å². The van der Waals surface area contributed by atoms with Crippen molar-refractivity contribution in [3.8, 4) is 5.75 Å². The van der Waals surface area contributed by atoms with E-state index in [4.69, 9.17) is 21.1 Å². The monoisotopic (exact) mass is 326 g/mol. The zero-order chi connectivity index (χ0) is 16.4. The van der Waals surface area contributed by atoms with Crippen LogP contribution in [0.1, 0.15) is 57.9 Å². The second-order valence-electron chi connectivity index (χ2n) is 5.61. The van der Waals surface area contributed by atoms with Gasteiger partial charge in [0.25, 0.3) is 0 Å². The second-order valence-corrected chi connectivity index (χ2v) is 6.04. The number of hydrogen-bond acceptors (Lipinski definition) is 3. The summed E-state index contributed by atoms with van der Waals surface area (Å²) in [5, 5.41) is 0.656. The lowest BCUT2D eigenvalue weighted by Gasteiger charge is -2.15. The summed E-state index contributed by atoms with van der Waals surface area (Å²) in [4.78, 5) is 11.9. The molecule has 0 saturated carbocycles. The van der Waals surface area contributed by atoms with Gasteiger partial charge in [-0.3, -0.25) is 0 Å². The molecule has 0 aliphatic carbocycles. The van der Waals surface area contributed by atoms with Crippen LogP contribution < -0.4 is 4.74 Å². The number of carbonyl (C=O) groups is 1. The summed E-state index contributed by atoms with van der Waals surface area (Å²) in [6.45, 7) is 6.27. The normalized spacial score (nSPS) is 12.0. The molecule has 0 saturated heterocycles. The molecular weight excluding hydrogens is 300 g/mol. The van der Waals surface area contributed by atoms with Gasteiger partial charge in [0.05, 0.1) is 6.61 Å². The Hall–Kier alpha value is -1.22. The fourth-order valence-corrected chi connectivity index (χ4v) is 2.38. The topological polar surface area (TPSA) is 35.5 Å². The number of carbonyl (C=O) groups excluding carboxylic acids is 1. The van der Waals surface area contributed by atoms with Gasteiger partial charge < -0.3 is 9.47 Å². The number of ether oxygens (including phenoxy) is 2. The summed E-state index contributed by atoms with van der Waals surface area (Å²) < 4.78 is 10.9. The first-order chi connectivity index (χ1) is 10.5. The molecule has 1 aromatic rings. The molecule has 4 heteroatoms. The van der Waals surface area contributed by atoms with Gasteiger partial charge in [-0.05, 0) is 44.0 Å². The van der Waals surface area contributed by atoms with Crippen molar-refractivity contribution < 1.29 is 14.3 Å². The fraction of sp³-hybridized carbons (Fsp3) is 0.611. The van der Waals surface area contributed by atoms with Crippen LogP contribution >= 0.6 is 11.6 Å². The summed E-state index contributed by atoms with van der Waals surface area (Å²) in [5.41, 5.74) is 0.906. The molecular formula is C18H27ClO3. The molecule has 0 fully saturated rings. The molecule has 1 aromatic carbocycles. The van der Waals surface area contributed by atoms with Crippen molar-refractivity contribution >= 4 is 17.6 Å². The minimum atomic E-state index is -0.611. The smallest absolute Gasteiger partial charge is 0.347 e. The Labute approximate surface area is 139 Å². The molecule has 0 aliphatic heterocycles. The lowest BCUT2D eigenvalue weighted by molar-refractivity contribution is -0.151. The maximum absolute atomic E-state index is 11.9. The van der Waals surface area contributed by atoms with Crippen LogP contribution in [0.25, 0.3) is 0 Å². The van der Waals surface area contributed by atoms with E-state index >= 15 is 0 Å². The van der Waals surface area contributed by atoms with Gasteiger partial charge in [0.1, 0.15) is 5.75 Å². The third-order valence-corrected chi connectivity index (χ3v) is 3.75. The lowest BCUT2D eigenvalue weighted by atomic mass is 10.1. The summed E-state index contributed by atoms with van der Waals surface area (Å²) >= 11 is 5.90. The van der Waals surface area contributed by atoms with Gasteiger partial charge in [-0.2, -0.15) is 0 Å². The maximum Gasteiger partial charge on any atom is 0.347 e. The molecule has 22 heavy (non-hydrogen) atoms. The average molecular weight is 327 g/mol. The van der Waals surface area contributed by atoms with E-state index in [2.05, 4.69) is 6.92 Å². The van der Waals surface area contributed by atoms with Crippen LogP contribution in [-0.2, 0) is 9.53 Å². The number of unbranched alkanes of at least 4 members (excludes halogenated alkanes) is 5. The number of aryl methyl sites for hydroxylation is 1. The predicted octanol–water partition coefficient (Wildman–Crippen LogP) is 5.32. The van der Waals surface area contributed by atoms with Crippen molar-refractivity contribution in [2.75, 3.05) is 6.61 Å². The number of esters is 1. The Kier molecular flexibility index (Phi) is 8.98. The van der Waals surface area contributed by atoms with Crippen LogP contribution in [0.4, 0.5) is 0 Å². The average Bonchev–Trinajstić information content (AvgIpc) is 2.48. The molecule has 124 valence electrons. The molecule has 0 aromatic heterocycles. The Bertz CT molecular complexity index is 460. The van der Waals surface area contributed by atoms with Crippen molar-refractivity contribution in [2.24, 2.45) is 0 Å². The quantitative estimate of drug-likeness (QED) is 0.431. The summed E-state index contributed by atoms with van der Waals surface area (Å²) in [6, 6.07) is 5.33. The highest BCUT2D eigenvalue weighted by Crippen LogP contribution is 2.23. The van der Waals surface area contributed by atoms with E-state index in [9.17, 15) is 4.79 Å². The van der Waals surface area contributed by atoms with Gasteiger partial charge in [0, 0.05) is 5.02 Å². The molecule has 0 spiro atoms. The molecule has 1 unspecified atom stereocenters. The van der Waals surface area contributed by atoms with Gasteiger partial charge >= 0.3 is 5.97 Å². The third-order valence-electron chi connectivity index (χ3n) is 3.51. The van der Waals surface area contributed by atoms with Crippen LogP contribution in [0, 0.1) is 6.92 Å². The van der Waals surface area contributed by atoms with E-state index in [-0.39, 0.29) is 5.97 Å². The van der Waals surface area contributed by atoms with E-state index < -0.39 is 6.10 Å². The first-order valence-electron chi connectivity index (χ1n) is 8.14. The number of rotatable bonds is 10. The SMILES string of the molecule is CCCCCCCCOC(=O)C(C)Oc1ccc(Cl)cc1C. The second kappa shape index (κ2) is 10.5. The summed E-state index contributed by atoms with van der Waals surface area (Å²) in [5.74, 6) is 0.344. The molecule has 0 N–H and O–H groups in total. The van der Waals surface area contributed by atoms with Crippen molar-refractivity contribution in [1.82, 2.24) is 0 Å². The third kappa shape index (κ3) is 7.17. The molecule has 1 rings (SSSR count). The van der Waals surface area contributed by atoms with Crippen molar-refractivity contribution in [1.29, 1.82) is 0 Å². The zero-order valence-corrected chi connectivity index (χ0v) is 14.6. The Morgan fingerprint density at radius 2 is 1.86 bits per heavy atom. The first-order valence-corrected chi connectivity index (χ1v) is 8.51. The van der Waals surface area contributed by atoms with Crippen molar-refractivity contribution in [3.63, 3.8) is 0 Å².